The molecule has 28 rings (SSSR count). The molecule has 0 saturated heterocycles. The molecule has 0 aliphatic heterocycles. The van der Waals surface area contributed by atoms with E-state index in [-0.39, 0.29) is 5.41 Å². The minimum absolute atomic E-state index is 0.0334. The highest BCUT2D eigenvalue weighted by Gasteiger charge is 2.35. The quantitative estimate of drug-likeness (QED) is 0.0903. The average molecular weight is 1850 g/mol. The maximum absolute atomic E-state index is 3.74. The Kier molecular flexibility index (Phi) is 22.6. The van der Waals surface area contributed by atoms with E-state index in [1.807, 2.05) is 24.3 Å². The molecule has 0 amide bonds. The lowest BCUT2D eigenvalue weighted by molar-refractivity contribution is 0.659. The van der Waals surface area contributed by atoms with Crippen LogP contribution in [0.1, 0.15) is 36.1 Å². The van der Waals surface area contributed by atoms with Crippen LogP contribution in [0.25, 0.3) is 182 Å². The fraction of sp³-hybridized carbons (Fsp3) is 0.0294. The standard InChI is InChI=1S/C42H29N3.C34H27N.2C30H22N2/c1-3-11-29(12-4-1)30-19-23-34(24-20-30)45-40-18-10-8-16-36(40)38-26-22-32(28-42(38)45)43-31-21-25-37-35-15-7-9-17-39(35)44(41(37)27-31)33-13-5-2-6-14-33;1-34(2)30-14-8-6-12-26(30)27-18-16-23(21-31(27)34)20-24-17-19-29-28-13-7-9-15-32(28)35(33(29)22-24)25-10-4-3-5-11-25;1-3-9-22(10-4-1)23-15-18-26(19-16-23)32-29-14-8-7-13-27(29)28-20-17-25(21-30(28)32)31-24-11-5-2-6-12-24;1-3-9-22(10-4-1)23-15-17-24(18-16-23)31-25-19-20-30-28(21-25)27-13-7-8-14-29(27)32(30)26-11-5-2-6-12-26/h1-28,43H;3-19,21-22H,20H2,1-2H3;2*1-21,31H. The zero-order valence-electron chi connectivity index (χ0n) is 79.8. The largest absolute Gasteiger partial charge is 0.356 e. The molecule has 0 fully saturated rings. The Labute approximate surface area is 836 Å². The Bertz CT molecular complexity index is 9410. The van der Waals surface area contributed by atoms with Gasteiger partial charge in [-0.2, -0.15) is 0 Å². The Hall–Kier alpha value is -18.8. The van der Waals surface area contributed by atoms with Crippen LogP contribution in [0.5, 0.6) is 0 Å². The molecule has 8 heteroatoms. The lowest BCUT2D eigenvalue weighted by Gasteiger charge is -2.22. The van der Waals surface area contributed by atoms with Crippen LogP contribution in [0.4, 0.5) is 34.1 Å². The number of aromatic nitrogens is 5. The van der Waals surface area contributed by atoms with E-state index in [0.29, 0.717) is 0 Å². The van der Waals surface area contributed by atoms with Crippen molar-refractivity contribution in [1.82, 2.24) is 22.8 Å². The van der Waals surface area contributed by atoms with Crippen LogP contribution in [-0.4, -0.2) is 22.8 Å². The number of nitrogens with zero attached hydrogens (tertiary/aromatic N) is 5. The molecule has 0 radical (unpaired) electrons. The highest BCUT2D eigenvalue weighted by atomic mass is 15.0. The van der Waals surface area contributed by atoms with Crippen molar-refractivity contribution in [2.45, 2.75) is 25.7 Å². The first kappa shape index (κ1) is 86.8. The smallest absolute Gasteiger partial charge is 0.0561 e. The Morgan fingerprint density at radius 3 is 0.819 bits per heavy atom. The topological polar surface area (TPSA) is 60.7 Å². The first-order valence-electron chi connectivity index (χ1n) is 49.5. The van der Waals surface area contributed by atoms with Gasteiger partial charge in [0.1, 0.15) is 0 Å². The summed E-state index contributed by atoms with van der Waals surface area (Å²) < 4.78 is 11.8. The summed E-state index contributed by atoms with van der Waals surface area (Å²) in [5.74, 6) is 0. The predicted molar refractivity (Wildman–Crippen MR) is 610 cm³/mol. The van der Waals surface area contributed by atoms with Crippen molar-refractivity contribution in [2.24, 2.45) is 0 Å². The molecule has 1 aliphatic rings. The predicted octanol–water partition coefficient (Wildman–Crippen LogP) is 36.4. The lowest BCUT2D eigenvalue weighted by atomic mass is 9.81. The minimum Gasteiger partial charge on any atom is -0.356 e. The molecule has 684 valence electrons. The van der Waals surface area contributed by atoms with Gasteiger partial charge in [-0.3, -0.25) is 0 Å². The maximum Gasteiger partial charge on any atom is 0.0561 e. The van der Waals surface area contributed by atoms with Crippen LogP contribution in [0, 0.1) is 0 Å². The second kappa shape index (κ2) is 37.5. The van der Waals surface area contributed by atoms with Crippen LogP contribution < -0.4 is 16.0 Å². The van der Waals surface area contributed by atoms with Crippen LogP contribution in [0.3, 0.4) is 0 Å². The van der Waals surface area contributed by atoms with Gasteiger partial charge in [0.25, 0.3) is 0 Å². The zero-order valence-corrected chi connectivity index (χ0v) is 79.8. The molecule has 0 unspecified atom stereocenters. The third-order valence-electron chi connectivity index (χ3n) is 28.6. The fourth-order valence-corrected chi connectivity index (χ4v) is 21.8. The van der Waals surface area contributed by atoms with Crippen LogP contribution in [-0.2, 0) is 11.8 Å². The summed E-state index contributed by atoms with van der Waals surface area (Å²) in [7, 11) is 0. The van der Waals surface area contributed by atoms with E-state index in [4.69, 9.17) is 0 Å². The van der Waals surface area contributed by atoms with Crippen molar-refractivity contribution in [3.05, 3.63) is 562 Å². The molecule has 27 aromatic rings. The van der Waals surface area contributed by atoms with Crippen molar-refractivity contribution in [3.8, 4) is 72.9 Å². The molecule has 8 nitrogen and oxygen atoms in total. The Balaban J connectivity index is 0.000000102. The van der Waals surface area contributed by atoms with E-state index in [1.54, 1.807) is 0 Å². The van der Waals surface area contributed by atoms with Gasteiger partial charge in [0.15, 0.2) is 0 Å². The van der Waals surface area contributed by atoms with Crippen molar-refractivity contribution in [2.75, 3.05) is 16.0 Å². The zero-order chi connectivity index (χ0) is 96.0. The van der Waals surface area contributed by atoms with Gasteiger partial charge >= 0.3 is 0 Å². The van der Waals surface area contributed by atoms with Crippen molar-refractivity contribution < 1.29 is 0 Å². The highest BCUT2D eigenvalue weighted by Crippen LogP contribution is 2.50. The van der Waals surface area contributed by atoms with E-state index in [0.717, 1.165) is 57.6 Å². The van der Waals surface area contributed by atoms with Crippen molar-refractivity contribution in [3.63, 3.8) is 0 Å². The number of anilines is 6. The second-order valence-corrected chi connectivity index (χ2v) is 37.8. The monoisotopic (exact) mass is 1840 g/mol. The summed E-state index contributed by atoms with van der Waals surface area (Å²) in [6.07, 6.45) is 0.923. The van der Waals surface area contributed by atoms with E-state index < -0.39 is 0 Å². The molecule has 0 spiro atoms. The third kappa shape index (κ3) is 16.4. The van der Waals surface area contributed by atoms with Gasteiger partial charge in [0, 0.05) is 122 Å². The molecule has 5 aromatic heterocycles. The number of hydrogen-bond acceptors (Lipinski definition) is 3. The SMILES string of the molecule is CC1(C)c2ccccc2-c2ccc(Cc3ccc4c5ccccc5n(-c5ccccc5)c4c3)cc21.c1ccc(-c2ccc(-n3c4ccccc4c4ccc(Nc5ccc6c7ccccc7n(-c7ccccc7)c6c5)cc43)cc2)cc1.c1ccc(-c2ccc(Nc3ccc4c(c3)c3ccccc3n4-c3ccccc3)cc2)cc1.c1ccc(Nc2ccc3c4ccccc4n(-c4ccc(-c5ccccc5)cc4)c3c2)cc1. The summed E-state index contributed by atoms with van der Waals surface area (Å²) in [6, 6.07) is 193. The van der Waals surface area contributed by atoms with Gasteiger partial charge in [-0.05, 0) is 249 Å². The third-order valence-corrected chi connectivity index (χ3v) is 28.6. The number of hydrogen-bond donors (Lipinski definition) is 3. The lowest BCUT2D eigenvalue weighted by Crippen LogP contribution is -2.15. The molecular weight excluding hydrogens is 1750 g/mol. The number of benzene rings is 22. The minimum atomic E-state index is 0.0334. The van der Waals surface area contributed by atoms with Gasteiger partial charge in [0.2, 0.25) is 0 Å². The average Bonchev–Trinajstić information content (AvgIpc) is 2.11. The van der Waals surface area contributed by atoms with Crippen molar-refractivity contribution >= 4 is 143 Å². The Morgan fingerprint density at radius 1 is 0.160 bits per heavy atom. The molecule has 0 atom stereocenters. The summed E-state index contributed by atoms with van der Waals surface area (Å²) in [4.78, 5) is 0. The number of fused-ring (bicyclic) bond motifs is 18. The van der Waals surface area contributed by atoms with Gasteiger partial charge in [-0.25, -0.2) is 0 Å². The first-order chi connectivity index (χ1) is 71.2. The highest BCUT2D eigenvalue weighted by molar-refractivity contribution is 6.15. The van der Waals surface area contributed by atoms with Gasteiger partial charge in [0.05, 0.1) is 55.2 Å². The van der Waals surface area contributed by atoms with E-state index in [2.05, 4.69) is 568 Å². The fourth-order valence-electron chi connectivity index (χ4n) is 21.8. The second-order valence-electron chi connectivity index (χ2n) is 37.8. The molecule has 0 bridgehead atoms. The molecule has 1 aliphatic carbocycles. The first-order valence-corrected chi connectivity index (χ1v) is 49.5. The molecular formula is C136H100N8. The molecule has 144 heavy (non-hydrogen) atoms. The van der Waals surface area contributed by atoms with Gasteiger partial charge in [-0.1, -0.05) is 378 Å². The summed E-state index contributed by atoms with van der Waals surface area (Å²) in [5, 5.41) is 23.5. The number of nitrogens with one attached hydrogen (secondary N) is 3. The molecule has 5 heterocycles. The number of para-hydroxylation sites is 9. The molecule has 22 aromatic carbocycles. The van der Waals surface area contributed by atoms with Crippen LogP contribution >= 0.6 is 0 Å². The van der Waals surface area contributed by atoms with Crippen LogP contribution in [0.2, 0.25) is 0 Å². The normalized spacial score (nSPS) is 11.9. The van der Waals surface area contributed by atoms with Gasteiger partial charge in [-0.15, -0.1) is 0 Å². The Morgan fingerprint density at radius 2 is 0.410 bits per heavy atom. The van der Waals surface area contributed by atoms with E-state index in [9.17, 15) is 0 Å². The van der Waals surface area contributed by atoms with Crippen LogP contribution in [0.15, 0.2) is 540 Å². The van der Waals surface area contributed by atoms with E-state index >= 15 is 0 Å². The molecule has 0 saturated carbocycles. The summed E-state index contributed by atoms with van der Waals surface area (Å²) in [5.41, 5.74) is 40.1. The maximum atomic E-state index is 3.74. The van der Waals surface area contributed by atoms with Gasteiger partial charge < -0.3 is 38.8 Å². The summed E-state index contributed by atoms with van der Waals surface area (Å²) in [6.45, 7) is 4.71. The van der Waals surface area contributed by atoms with E-state index in [1.165, 1.54) is 187 Å². The molecule has 3 N–H and O–H groups in total. The van der Waals surface area contributed by atoms with Crippen molar-refractivity contribution in [1.29, 1.82) is 0 Å². The summed E-state index contributed by atoms with van der Waals surface area (Å²) >= 11 is 0. The number of rotatable bonds is 16.